The Kier molecular flexibility index (Phi) is 4.19. The average Bonchev–Trinajstić information content (AvgIpc) is 3.00. The van der Waals surface area contributed by atoms with Crippen LogP contribution in [0, 0.1) is 0 Å². The Morgan fingerprint density at radius 2 is 2.19 bits per heavy atom. The smallest absolute Gasteiger partial charge is 0.317 e. The molecule has 3 rings (SSSR count). The molecule has 0 aliphatic carbocycles. The average molecular weight is 285 g/mol. The number of aromatic nitrogens is 1. The first-order chi connectivity index (χ1) is 10.3. The van der Waals surface area contributed by atoms with E-state index in [9.17, 15) is 4.79 Å². The lowest BCUT2D eigenvalue weighted by atomic mass is 10.1. The number of hydrogen-bond acceptors (Lipinski definition) is 3. The third-order valence-corrected chi connectivity index (χ3v) is 3.75. The maximum atomic E-state index is 12.1. The van der Waals surface area contributed by atoms with Crippen LogP contribution in [0.15, 0.2) is 41.1 Å². The van der Waals surface area contributed by atoms with Crippen molar-refractivity contribution in [2.24, 2.45) is 0 Å². The largest absolute Gasteiger partial charge is 0.361 e. The summed E-state index contributed by atoms with van der Waals surface area (Å²) in [5.74, 6) is 0.906. The second kappa shape index (κ2) is 6.43. The summed E-state index contributed by atoms with van der Waals surface area (Å²) in [4.78, 5) is 13.9. The summed E-state index contributed by atoms with van der Waals surface area (Å²) in [6.07, 6.45) is 4.37. The van der Waals surface area contributed by atoms with Crippen LogP contribution in [0.2, 0.25) is 0 Å². The molecule has 0 spiro atoms. The highest BCUT2D eigenvalue weighted by molar-refractivity contribution is 5.74. The topological polar surface area (TPSA) is 58.4 Å². The fourth-order valence-corrected chi connectivity index (χ4v) is 2.56. The number of fused-ring (bicyclic) bond motifs is 1. The van der Waals surface area contributed by atoms with Gasteiger partial charge in [-0.2, -0.15) is 0 Å². The summed E-state index contributed by atoms with van der Waals surface area (Å²) in [6.45, 7) is 1.97. The Morgan fingerprint density at radius 1 is 1.33 bits per heavy atom. The molecule has 21 heavy (non-hydrogen) atoms. The minimum absolute atomic E-state index is 0.00471. The lowest BCUT2D eigenvalue weighted by Gasteiger charge is -2.25. The van der Waals surface area contributed by atoms with Gasteiger partial charge in [0.05, 0.1) is 12.7 Å². The van der Waals surface area contributed by atoms with Crippen LogP contribution in [-0.4, -0.2) is 29.2 Å². The van der Waals surface area contributed by atoms with Gasteiger partial charge in [0.2, 0.25) is 0 Å². The normalized spacial score (nSPS) is 13.8. The van der Waals surface area contributed by atoms with Crippen molar-refractivity contribution in [2.45, 2.75) is 25.8 Å². The van der Waals surface area contributed by atoms with Gasteiger partial charge in [0.25, 0.3) is 0 Å². The molecule has 0 radical (unpaired) electrons. The quantitative estimate of drug-likeness (QED) is 0.877. The Morgan fingerprint density at radius 3 is 3.05 bits per heavy atom. The summed E-state index contributed by atoms with van der Waals surface area (Å²) in [7, 11) is 0. The molecule has 5 nitrogen and oxygen atoms in total. The van der Waals surface area contributed by atoms with Gasteiger partial charge < -0.3 is 14.7 Å². The van der Waals surface area contributed by atoms with Crippen molar-refractivity contribution in [3.63, 3.8) is 0 Å². The van der Waals surface area contributed by atoms with Crippen molar-refractivity contribution < 1.29 is 9.32 Å². The van der Waals surface area contributed by atoms with Crippen LogP contribution >= 0.6 is 0 Å². The summed E-state index contributed by atoms with van der Waals surface area (Å²) < 4.78 is 5.12. The van der Waals surface area contributed by atoms with E-state index in [0.717, 1.165) is 30.6 Å². The Labute approximate surface area is 123 Å². The van der Waals surface area contributed by atoms with Crippen molar-refractivity contribution in [3.8, 4) is 0 Å². The molecule has 0 unspecified atom stereocenters. The van der Waals surface area contributed by atoms with E-state index in [2.05, 4.69) is 22.6 Å². The van der Waals surface area contributed by atoms with E-state index in [4.69, 9.17) is 4.52 Å². The van der Waals surface area contributed by atoms with Crippen LogP contribution in [0.5, 0.6) is 0 Å². The third kappa shape index (κ3) is 3.42. The van der Waals surface area contributed by atoms with E-state index >= 15 is 0 Å². The Bertz CT molecular complexity index is 595. The van der Waals surface area contributed by atoms with E-state index in [1.807, 2.05) is 23.1 Å². The second-order valence-corrected chi connectivity index (χ2v) is 5.27. The zero-order valence-corrected chi connectivity index (χ0v) is 11.9. The highest BCUT2D eigenvalue weighted by atomic mass is 16.5. The van der Waals surface area contributed by atoms with Gasteiger partial charge in [-0.3, -0.25) is 0 Å². The molecule has 0 atom stereocenters. The molecule has 1 aromatic heterocycles. The van der Waals surface area contributed by atoms with Crippen LogP contribution in [-0.2, 0) is 19.4 Å². The molecule has 2 heterocycles. The van der Waals surface area contributed by atoms with Crippen molar-refractivity contribution in [1.29, 1.82) is 0 Å². The van der Waals surface area contributed by atoms with Gasteiger partial charge in [0.15, 0.2) is 0 Å². The van der Waals surface area contributed by atoms with Crippen LogP contribution in [0.3, 0.4) is 0 Å². The van der Waals surface area contributed by atoms with Gasteiger partial charge in [-0.25, -0.2) is 4.79 Å². The monoisotopic (exact) mass is 285 g/mol. The number of hydrogen-bond donors (Lipinski definition) is 1. The molecule has 2 aromatic rings. The van der Waals surface area contributed by atoms with E-state index in [-0.39, 0.29) is 6.03 Å². The number of rotatable bonds is 4. The first-order valence-corrected chi connectivity index (χ1v) is 7.32. The number of urea groups is 1. The minimum atomic E-state index is -0.00471. The molecule has 2 amide bonds. The van der Waals surface area contributed by atoms with Gasteiger partial charge in [-0.1, -0.05) is 35.5 Å². The lowest BCUT2D eigenvalue weighted by molar-refractivity contribution is 0.189. The van der Waals surface area contributed by atoms with Crippen LogP contribution in [0.1, 0.15) is 23.3 Å². The standard InChI is InChI=1S/C16H19N3O2/c20-16(17-9-4-7-13-5-2-1-3-6-13)19-10-8-15-14(12-19)11-18-21-15/h1-3,5-6,11H,4,7-10,12H2,(H,17,20). The minimum Gasteiger partial charge on any atom is -0.361 e. The number of aryl methyl sites for hydroxylation is 1. The van der Waals surface area contributed by atoms with E-state index in [0.29, 0.717) is 19.6 Å². The van der Waals surface area contributed by atoms with Gasteiger partial charge in [-0.15, -0.1) is 0 Å². The first-order valence-electron chi connectivity index (χ1n) is 7.32. The Hall–Kier alpha value is -2.30. The highest BCUT2D eigenvalue weighted by Gasteiger charge is 2.22. The number of carbonyl (C=O) groups excluding carboxylic acids is 1. The molecule has 1 aliphatic heterocycles. The van der Waals surface area contributed by atoms with Gasteiger partial charge >= 0.3 is 6.03 Å². The molecular formula is C16H19N3O2. The zero-order valence-electron chi connectivity index (χ0n) is 11.9. The zero-order chi connectivity index (χ0) is 14.5. The van der Waals surface area contributed by atoms with Gasteiger partial charge in [0.1, 0.15) is 5.76 Å². The third-order valence-electron chi connectivity index (χ3n) is 3.75. The summed E-state index contributed by atoms with van der Waals surface area (Å²) in [5.41, 5.74) is 2.32. The molecule has 1 N–H and O–H groups in total. The first kappa shape index (κ1) is 13.7. The molecule has 1 aromatic carbocycles. The summed E-state index contributed by atoms with van der Waals surface area (Å²) in [6, 6.07) is 10.3. The second-order valence-electron chi connectivity index (χ2n) is 5.27. The maximum absolute atomic E-state index is 12.1. The van der Waals surface area contributed by atoms with E-state index in [1.54, 1.807) is 6.20 Å². The summed E-state index contributed by atoms with van der Waals surface area (Å²) >= 11 is 0. The van der Waals surface area contributed by atoms with Gasteiger partial charge in [0, 0.05) is 25.1 Å². The Balaban J connectivity index is 1.41. The van der Waals surface area contributed by atoms with Crippen LogP contribution < -0.4 is 5.32 Å². The van der Waals surface area contributed by atoms with Crippen LogP contribution in [0.4, 0.5) is 4.79 Å². The molecular weight excluding hydrogens is 266 g/mol. The highest BCUT2D eigenvalue weighted by Crippen LogP contribution is 2.17. The maximum Gasteiger partial charge on any atom is 0.317 e. The van der Waals surface area contributed by atoms with E-state index in [1.165, 1.54) is 5.56 Å². The van der Waals surface area contributed by atoms with Gasteiger partial charge in [-0.05, 0) is 18.4 Å². The molecule has 0 saturated carbocycles. The van der Waals surface area contributed by atoms with Crippen molar-refractivity contribution in [1.82, 2.24) is 15.4 Å². The lowest BCUT2D eigenvalue weighted by Crippen LogP contribution is -2.42. The predicted molar refractivity (Wildman–Crippen MR) is 78.8 cm³/mol. The molecule has 1 aliphatic rings. The number of carbonyl (C=O) groups is 1. The molecule has 5 heteroatoms. The number of amides is 2. The SMILES string of the molecule is O=C(NCCCc1ccccc1)N1CCc2oncc2C1. The number of nitrogens with one attached hydrogen (secondary N) is 1. The molecule has 0 saturated heterocycles. The van der Waals surface area contributed by atoms with E-state index < -0.39 is 0 Å². The van der Waals surface area contributed by atoms with Crippen molar-refractivity contribution in [2.75, 3.05) is 13.1 Å². The summed E-state index contributed by atoms with van der Waals surface area (Å²) in [5, 5.41) is 6.75. The van der Waals surface area contributed by atoms with Crippen molar-refractivity contribution >= 4 is 6.03 Å². The number of benzene rings is 1. The predicted octanol–water partition coefficient (Wildman–Crippen LogP) is 2.38. The molecule has 0 fully saturated rings. The molecule has 0 bridgehead atoms. The fraction of sp³-hybridized carbons (Fsp3) is 0.375. The molecule has 110 valence electrons. The van der Waals surface area contributed by atoms with Crippen LogP contribution in [0.25, 0.3) is 0 Å². The fourth-order valence-electron chi connectivity index (χ4n) is 2.56. The number of nitrogens with zero attached hydrogens (tertiary/aromatic N) is 2. The van der Waals surface area contributed by atoms with Crippen molar-refractivity contribution in [3.05, 3.63) is 53.4 Å².